The molecule has 1 aliphatic carbocycles. The van der Waals surface area contributed by atoms with E-state index in [-0.39, 0.29) is 10.9 Å². The number of nitrogens with one attached hydrogen (secondary N) is 1. The van der Waals surface area contributed by atoms with Crippen LogP contribution in [0, 0.1) is 0 Å². The highest BCUT2D eigenvalue weighted by Gasteiger charge is 2.28. The minimum Gasteiger partial charge on any atom is -0.252 e. The molecule has 1 aromatic heterocycles. The van der Waals surface area contributed by atoms with Crippen LogP contribution < -0.4 is 4.72 Å². The van der Waals surface area contributed by atoms with Crippen molar-refractivity contribution < 1.29 is 8.42 Å². The highest BCUT2D eigenvalue weighted by atomic mass is 79.9. The molecule has 2 aromatic carbocycles. The molecule has 1 N–H and O–H groups in total. The van der Waals surface area contributed by atoms with Crippen LogP contribution in [0.15, 0.2) is 45.8 Å². The number of aryl methyl sites for hydroxylation is 1. The zero-order valence-electron chi connectivity index (χ0n) is 13.6. The molecular formula is C17H17BrN4O2S. The van der Waals surface area contributed by atoms with Crippen molar-refractivity contribution in [3.8, 4) is 0 Å². The lowest BCUT2D eigenvalue weighted by Crippen LogP contribution is -2.39. The summed E-state index contributed by atoms with van der Waals surface area (Å²) < 4.78 is 31.0. The fraction of sp³-hybridized carbons (Fsp3) is 0.294. The Labute approximate surface area is 154 Å². The molecular weight excluding hydrogens is 404 g/mol. The summed E-state index contributed by atoms with van der Waals surface area (Å²) in [6, 6.07) is 11.0. The van der Waals surface area contributed by atoms with Gasteiger partial charge in [0, 0.05) is 24.0 Å². The highest BCUT2D eigenvalue weighted by molar-refractivity contribution is 9.10. The second kappa shape index (κ2) is 6.19. The van der Waals surface area contributed by atoms with Gasteiger partial charge < -0.3 is 0 Å². The summed E-state index contributed by atoms with van der Waals surface area (Å²) in [5.41, 5.74) is 1.96. The molecule has 130 valence electrons. The molecule has 1 aliphatic rings. The first-order valence-corrected chi connectivity index (χ1v) is 10.3. The van der Waals surface area contributed by atoms with Crippen LogP contribution in [0.2, 0.25) is 0 Å². The first-order chi connectivity index (χ1) is 12.0. The van der Waals surface area contributed by atoms with Gasteiger partial charge in [-0.2, -0.15) is 0 Å². The van der Waals surface area contributed by atoms with E-state index in [1.807, 2.05) is 37.4 Å². The van der Waals surface area contributed by atoms with E-state index in [1.165, 1.54) is 0 Å². The van der Waals surface area contributed by atoms with Gasteiger partial charge in [0.1, 0.15) is 0 Å². The first-order valence-electron chi connectivity index (χ1n) is 8.03. The third-order valence-corrected chi connectivity index (χ3v) is 7.31. The summed E-state index contributed by atoms with van der Waals surface area (Å²) in [7, 11) is -1.77. The zero-order valence-corrected chi connectivity index (χ0v) is 16.0. The fourth-order valence-corrected chi connectivity index (χ4v) is 5.83. The van der Waals surface area contributed by atoms with Gasteiger partial charge in [0.25, 0.3) is 0 Å². The summed E-state index contributed by atoms with van der Waals surface area (Å²) in [5, 5.41) is 10.0. The summed E-state index contributed by atoms with van der Waals surface area (Å²) >= 11 is 3.47. The molecule has 25 heavy (non-hydrogen) atoms. The average molecular weight is 421 g/mol. The van der Waals surface area contributed by atoms with Crippen molar-refractivity contribution in [2.45, 2.75) is 30.2 Å². The molecule has 6 nitrogen and oxygen atoms in total. The first kappa shape index (κ1) is 16.7. The van der Waals surface area contributed by atoms with Gasteiger partial charge >= 0.3 is 0 Å². The van der Waals surface area contributed by atoms with Crippen LogP contribution in [0.4, 0.5) is 0 Å². The van der Waals surface area contributed by atoms with Gasteiger partial charge in [0.15, 0.2) is 0 Å². The number of hydrogen-bond donors (Lipinski definition) is 1. The Hall–Kier alpha value is -1.77. The molecule has 0 aliphatic heterocycles. The Morgan fingerprint density at radius 1 is 1.24 bits per heavy atom. The molecule has 0 amide bonds. The number of nitrogens with zero attached hydrogens (tertiary/aromatic N) is 3. The summed E-state index contributed by atoms with van der Waals surface area (Å²) in [6.45, 7) is 0. The zero-order chi connectivity index (χ0) is 17.6. The van der Waals surface area contributed by atoms with E-state index in [0.29, 0.717) is 10.9 Å². The van der Waals surface area contributed by atoms with Crippen molar-refractivity contribution >= 4 is 36.7 Å². The predicted octanol–water partition coefficient (Wildman–Crippen LogP) is 2.57. The molecule has 3 aromatic rings. The maximum Gasteiger partial charge on any atom is 0.241 e. The van der Waals surface area contributed by atoms with Crippen molar-refractivity contribution in [2.24, 2.45) is 7.05 Å². The van der Waals surface area contributed by atoms with Gasteiger partial charge in [-0.15, -0.1) is 5.10 Å². The Kier molecular flexibility index (Phi) is 4.13. The largest absolute Gasteiger partial charge is 0.252 e. The average Bonchev–Trinajstić information content (AvgIpc) is 2.95. The molecule has 0 radical (unpaired) electrons. The van der Waals surface area contributed by atoms with Crippen LogP contribution in [0.1, 0.15) is 17.8 Å². The van der Waals surface area contributed by atoms with Crippen LogP contribution in [0.5, 0.6) is 0 Å². The molecule has 0 saturated heterocycles. The van der Waals surface area contributed by atoms with Gasteiger partial charge in [0.05, 0.1) is 16.3 Å². The summed E-state index contributed by atoms with van der Waals surface area (Å²) in [4.78, 5) is 0.260. The Morgan fingerprint density at radius 3 is 2.88 bits per heavy atom. The van der Waals surface area contributed by atoms with Crippen LogP contribution in [0.3, 0.4) is 0 Å². The standard InChI is InChI=1S/C17H17BrN4O2S/c1-22-15-8-7-12(10-14(15)19-21-22)20-25(23,24)16-9-6-11-4-2-3-5-13(11)17(16)18/h2-6,9,12,20H,7-8,10H2,1H3. The normalized spacial score (nSPS) is 17.6. The second-order valence-corrected chi connectivity index (χ2v) is 8.74. The Balaban J connectivity index is 1.63. The Morgan fingerprint density at radius 2 is 2.04 bits per heavy atom. The van der Waals surface area contributed by atoms with Crippen molar-refractivity contribution in [1.82, 2.24) is 19.7 Å². The molecule has 0 saturated carbocycles. The van der Waals surface area contributed by atoms with Crippen LogP contribution in [0.25, 0.3) is 10.8 Å². The lowest BCUT2D eigenvalue weighted by atomic mass is 9.97. The van der Waals surface area contributed by atoms with E-state index in [4.69, 9.17) is 0 Å². The third kappa shape index (κ3) is 2.98. The molecule has 8 heteroatoms. The molecule has 0 spiro atoms. The number of fused-ring (bicyclic) bond motifs is 2. The maximum atomic E-state index is 12.9. The minimum atomic E-state index is -3.63. The second-order valence-electron chi connectivity index (χ2n) is 6.27. The van der Waals surface area contributed by atoms with Crippen molar-refractivity contribution in [3.63, 3.8) is 0 Å². The highest BCUT2D eigenvalue weighted by Crippen LogP contribution is 2.31. The van der Waals surface area contributed by atoms with Gasteiger partial charge in [-0.05, 0) is 45.6 Å². The van der Waals surface area contributed by atoms with Crippen LogP contribution >= 0.6 is 15.9 Å². The summed E-state index contributed by atoms with van der Waals surface area (Å²) in [5.74, 6) is 0. The maximum absolute atomic E-state index is 12.9. The molecule has 1 unspecified atom stereocenters. The number of hydrogen-bond acceptors (Lipinski definition) is 4. The fourth-order valence-electron chi connectivity index (χ4n) is 3.34. The number of rotatable bonds is 3. The lowest BCUT2D eigenvalue weighted by molar-refractivity contribution is 0.495. The van der Waals surface area contributed by atoms with E-state index < -0.39 is 10.0 Å². The van der Waals surface area contributed by atoms with Crippen LogP contribution in [-0.4, -0.2) is 29.5 Å². The van der Waals surface area contributed by atoms with Crippen molar-refractivity contribution in [2.75, 3.05) is 0 Å². The predicted molar refractivity (Wildman–Crippen MR) is 98.8 cm³/mol. The number of halogens is 1. The van der Waals surface area contributed by atoms with E-state index in [0.717, 1.165) is 35.0 Å². The van der Waals surface area contributed by atoms with E-state index in [1.54, 1.807) is 10.7 Å². The van der Waals surface area contributed by atoms with Gasteiger partial charge in [-0.25, -0.2) is 13.1 Å². The lowest BCUT2D eigenvalue weighted by Gasteiger charge is -2.23. The van der Waals surface area contributed by atoms with Crippen LogP contribution in [-0.2, 0) is 29.9 Å². The monoisotopic (exact) mass is 420 g/mol. The van der Waals surface area contributed by atoms with E-state index >= 15 is 0 Å². The van der Waals surface area contributed by atoms with Gasteiger partial charge in [0.2, 0.25) is 10.0 Å². The molecule has 0 fully saturated rings. The smallest absolute Gasteiger partial charge is 0.241 e. The molecule has 0 bridgehead atoms. The molecule has 1 heterocycles. The van der Waals surface area contributed by atoms with Gasteiger partial charge in [-0.3, -0.25) is 4.68 Å². The number of sulfonamides is 1. The minimum absolute atomic E-state index is 0.174. The van der Waals surface area contributed by atoms with E-state index in [9.17, 15) is 8.42 Å². The number of aromatic nitrogens is 3. The van der Waals surface area contributed by atoms with Gasteiger partial charge in [-0.1, -0.05) is 35.5 Å². The SMILES string of the molecule is Cn1nnc2c1CCC(NS(=O)(=O)c1ccc3ccccc3c1Br)C2. The quantitative estimate of drug-likeness (QED) is 0.706. The molecule has 1 atom stereocenters. The Bertz CT molecular complexity index is 1060. The van der Waals surface area contributed by atoms with Crippen molar-refractivity contribution in [3.05, 3.63) is 52.3 Å². The van der Waals surface area contributed by atoms with E-state index in [2.05, 4.69) is 31.0 Å². The van der Waals surface area contributed by atoms with Crippen molar-refractivity contribution in [1.29, 1.82) is 0 Å². The number of benzene rings is 2. The third-order valence-electron chi connectivity index (χ3n) is 4.63. The topological polar surface area (TPSA) is 76.9 Å². The summed E-state index contributed by atoms with van der Waals surface area (Å²) in [6.07, 6.45) is 2.07. The molecule has 4 rings (SSSR count).